The molecule has 3 N–H and O–H groups in total. The molecule has 178 valence electrons. The maximum Gasteiger partial charge on any atom is 0.300 e. The van der Waals surface area contributed by atoms with Crippen LogP contribution in [-0.2, 0) is 20.9 Å². The van der Waals surface area contributed by atoms with E-state index in [9.17, 15) is 9.59 Å². The lowest BCUT2D eigenvalue weighted by atomic mass is 10.1. The third-order valence-electron chi connectivity index (χ3n) is 5.60. The predicted molar refractivity (Wildman–Crippen MR) is 122 cm³/mol. The van der Waals surface area contributed by atoms with E-state index in [-0.39, 0.29) is 23.9 Å². The Balaban J connectivity index is 0.000000709. The molecule has 0 radical (unpaired) electrons. The summed E-state index contributed by atoms with van der Waals surface area (Å²) in [5, 5.41) is 18.6. The molecule has 1 fully saturated rings. The molecule has 2 aliphatic heterocycles. The first kappa shape index (κ1) is 24.4. The number of benzene rings is 1. The number of aliphatic carboxylic acids is 1. The van der Waals surface area contributed by atoms with Crippen LogP contribution < -0.4 is 10.6 Å². The highest BCUT2D eigenvalue weighted by Crippen LogP contribution is 2.22. The van der Waals surface area contributed by atoms with E-state index in [1.54, 1.807) is 4.90 Å². The van der Waals surface area contributed by atoms with E-state index < -0.39 is 5.97 Å². The third kappa shape index (κ3) is 6.61. The number of nitrogens with zero attached hydrogens (tertiary/aromatic N) is 4. The second-order valence-corrected chi connectivity index (χ2v) is 8.23. The number of rotatable bonds is 1. The highest BCUT2D eigenvalue weighted by atomic mass is 16.4. The van der Waals surface area contributed by atoms with Gasteiger partial charge in [-0.2, -0.15) is 5.10 Å². The quantitative estimate of drug-likeness (QED) is 0.594. The first-order valence-electron chi connectivity index (χ1n) is 11.4. The minimum atomic E-state index is -0.833. The maximum atomic E-state index is 12.9. The van der Waals surface area contributed by atoms with Gasteiger partial charge in [-0.05, 0) is 32.7 Å². The average molecular weight is 457 g/mol. The standard InChI is InChI=1S/C21H28N6O2.C2H4O2/c1-15-20-24-19(16-7-3-2-4-8-16)25-27(20)14-12-22-11-5-10-18(28)26-13-6-9-17(26)21(29)23-15;1-2(3)4/h2-4,7-8,15,17,22H,5-6,9-14H2,1H3,(H,23,29);1H3,(H,3,4)/t15-,17-;/m0./s1. The number of carbonyl (C=O) groups excluding carboxylic acids is 2. The lowest BCUT2D eigenvalue weighted by molar-refractivity contribution is -0.138. The van der Waals surface area contributed by atoms with Gasteiger partial charge in [0.05, 0.1) is 12.6 Å². The van der Waals surface area contributed by atoms with Crippen molar-refractivity contribution in [3.8, 4) is 11.4 Å². The van der Waals surface area contributed by atoms with Gasteiger partial charge in [-0.15, -0.1) is 0 Å². The van der Waals surface area contributed by atoms with Crippen LogP contribution in [0.15, 0.2) is 30.3 Å². The number of hydrogen-bond donors (Lipinski definition) is 3. The zero-order valence-corrected chi connectivity index (χ0v) is 19.2. The van der Waals surface area contributed by atoms with Crippen LogP contribution in [0.25, 0.3) is 11.4 Å². The zero-order valence-electron chi connectivity index (χ0n) is 19.2. The Kier molecular flexibility index (Phi) is 8.53. The molecule has 0 bridgehead atoms. The van der Waals surface area contributed by atoms with Gasteiger partial charge in [0.15, 0.2) is 5.82 Å². The van der Waals surface area contributed by atoms with Gasteiger partial charge in [0.25, 0.3) is 5.97 Å². The van der Waals surface area contributed by atoms with Gasteiger partial charge in [-0.1, -0.05) is 30.3 Å². The van der Waals surface area contributed by atoms with Crippen molar-refractivity contribution >= 4 is 17.8 Å². The Hall–Kier alpha value is -3.27. The summed E-state index contributed by atoms with van der Waals surface area (Å²) < 4.78 is 1.88. The van der Waals surface area contributed by atoms with E-state index in [0.717, 1.165) is 44.2 Å². The molecular weight excluding hydrogens is 424 g/mol. The van der Waals surface area contributed by atoms with Crippen LogP contribution in [0.1, 0.15) is 51.4 Å². The topological polar surface area (TPSA) is 129 Å². The van der Waals surface area contributed by atoms with E-state index in [0.29, 0.717) is 31.8 Å². The lowest BCUT2D eigenvalue weighted by Crippen LogP contribution is -2.47. The van der Waals surface area contributed by atoms with Crippen molar-refractivity contribution in [3.05, 3.63) is 36.2 Å². The minimum Gasteiger partial charge on any atom is -0.481 e. The van der Waals surface area contributed by atoms with Gasteiger partial charge in [0.2, 0.25) is 11.8 Å². The number of carbonyl (C=O) groups is 3. The molecule has 33 heavy (non-hydrogen) atoms. The molecule has 10 heteroatoms. The molecule has 2 amide bonds. The van der Waals surface area contributed by atoms with Crippen molar-refractivity contribution in [2.75, 3.05) is 19.6 Å². The third-order valence-corrected chi connectivity index (χ3v) is 5.60. The van der Waals surface area contributed by atoms with E-state index in [4.69, 9.17) is 20.0 Å². The Labute approximate surface area is 193 Å². The van der Waals surface area contributed by atoms with Crippen molar-refractivity contribution in [2.45, 2.75) is 58.2 Å². The molecule has 0 spiro atoms. The maximum absolute atomic E-state index is 12.9. The lowest BCUT2D eigenvalue weighted by Gasteiger charge is -2.26. The number of nitrogens with one attached hydrogen (secondary N) is 2. The van der Waals surface area contributed by atoms with Gasteiger partial charge in [0.1, 0.15) is 11.9 Å². The minimum absolute atomic E-state index is 0.0729. The van der Waals surface area contributed by atoms with E-state index in [2.05, 4.69) is 10.6 Å². The van der Waals surface area contributed by atoms with Crippen LogP contribution in [0.3, 0.4) is 0 Å². The number of carboxylic acid groups (broad SMARTS) is 1. The molecule has 3 heterocycles. The van der Waals surface area contributed by atoms with Gasteiger partial charge in [0, 0.05) is 32.0 Å². The molecule has 4 rings (SSSR count). The van der Waals surface area contributed by atoms with Crippen LogP contribution >= 0.6 is 0 Å². The fourth-order valence-corrected chi connectivity index (χ4v) is 4.08. The smallest absolute Gasteiger partial charge is 0.300 e. The summed E-state index contributed by atoms with van der Waals surface area (Å²) in [6, 6.07) is 9.17. The molecule has 10 nitrogen and oxygen atoms in total. The zero-order chi connectivity index (χ0) is 23.8. The second-order valence-electron chi connectivity index (χ2n) is 8.23. The molecule has 1 aromatic heterocycles. The molecule has 2 aromatic rings. The Morgan fingerprint density at radius 2 is 1.85 bits per heavy atom. The molecule has 1 saturated heterocycles. The van der Waals surface area contributed by atoms with Gasteiger partial charge >= 0.3 is 0 Å². The van der Waals surface area contributed by atoms with Crippen molar-refractivity contribution in [1.82, 2.24) is 30.3 Å². The normalized spacial score (nSPS) is 21.7. The summed E-state index contributed by atoms with van der Waals surface area (Å²) in [5.41, 5.74) is 0.949. The highest BCUT2D eigenvalue weighted by molar-refractivity contribution is 5.88. The van der Waals surface area contributed by atoms with Gasteiger partial charge < -0.3 is 20.6 Å². The van der Waals surface area contributed by atoms with Crippen LogP contribution in [0.4, 0.5) is 0 Å². The summed E-state index contributed by atoms with van der Waals surface area (Å²) >= 11 is 0. The second kappa shape index (κ2) is 11.6. The van der Waals surface area contributed by atoms with Crippen molar-refractivity contribution in [3.63, 3.8) is 0 Å². The Morgan fingerprint density at radius 3 is 2.58 bits per heavy atom. The summed E-state index contributed by atoms with van der Waals surface area (Å²) in [6.07, 6.45) is 2.81. The van der Waals surface area contributed by atoms with Crippen LogP contribution in [0, 0.1) is 0 Å². The van der Waals surface area contributed by atoms with Crippen molar-refractivity contribution < 1.29 is 19.5 Å². The number of carboxylic acids is 1. The first-order chi connectivity index (χ1) is 15.9. The first-order valence-corrected chi connectivity index (χ1v) is 11.4. The van der Waals surface area contributed by atoms with Crippen molar-refractivity contribution in [2.24, 2.45) is 0 Å². The van der Waals surface area contributed by atoms with E-state index in [1.807, 2.05) is 41.9 Å². The van der Waals surface area contributed by atoms with E-state index in [1.165, 1.54) is 0 Å². The van der Waals surface area contributed by atoms with Crippen LogP contribution in [0.5, 0.6) is 0 Å². The summed E-state index contributed by atoms with van der Waals surface area (Å²) in [4.78, 5) is 41.0. The molecule has 0 unspecified atom stereocenters. The highest BCUT2D eigenvalue weighted by Gasteiger charge is 2.34. The molecule has 2 aliphatic rings. The molecule has 0 aliphatic carbocycles. The predicted octanol–water partition coefficient (Wildman–Crippen LogP) is 1.59. The Bertz CT molecular complexity index is 957. The number of amides is 2. The molecular formula is C23H32N6O4. The molecule has 2 atom stereocenters. The number of hydrogen-bond acceptors (Lipinski definition) is 6. The van der Waals surface area contributed by atoms with Crippen LogP contribution in [0.2, 0.25) is 0 Å². The fraction of sp³-hybridized carbons (Fsp3) is 0.522. The largest absolute Gasteiger partial charge is 0.481 e. The SMILES string of the molecule is CC(=O)O.C[C@@H]1NC(=O)[C@@H]2CCCN2C(=O)CCCNCCn2nc(-c3ccccc3)nc21. The summed E-state index contributed by atoms with van der Waals surface area (Å²) in [6.45, 7) is 5.81. The van der Waals surface area contributed by atoms with E-state index >= 15 is 0 Å². The Morgan fingerprint density at radius 1 is 1.12 bits per heavy atom. The van der Waals surface area contributed by atoms with Gasteiger partial charge in [-0.25, -0.2) is 9.67 Å². The summed E-state index contributed by atoms with van der Waals surface area (Å²) in [7, 11) is 0. The fourth-order valence-electron chi connectivity index (χ4n) is 4.08. The molecule has 0 saturated carbocycles. The number of fused-ring (bicyclic) bond motifs is 2. The molecule has 1 aromatic carbocycles. The van der Waals surface area contributed by atoms with Crippen LogP contribution in [-0.4, -0.2) is 68.2 Å². The monoisotopic (exact) mass is 456 g/mol. The van der Waals surface area contributed by atoms with Crippen molar-refractivity contribution in [1.29, 1.82) is 0 Å². The average Bonchev–Trinajstić information content (AvgIpc) is 3.43. The van der Waals surface area contributed by atoms with Gasteiger partial charge in [-0.3, -0.25) is 14.4 Å². The number of aromatic nitrogens is 3. The summed E-state index contributed by atoms with van der Waals surface area (Å²) in [5.74, 6) is 0.522.